The summed E-state index contributed by atoms with van der Waals surface area (Å²) in [5.41, 5.74) is -1.67. The van der Waals surface area contributed by atoms with Crippen LogP contribution in [-0.2, 0) is 0 Å². The van der Waals surface area contributed by atoms with Gasteiger partial charge in [0.25, 0.3) is 0 Å². The first-order valence-electron chi connectivity index (χ1n) is 3.24. The minimum absolute atomic E-state index is 0. The van der Waals surface area contributed by atoms with Crippen LogP contribution in [0.2, 0.25) is 0 Å². The molecule has 0 aliphatic heterocycles. The van der Waals surface area contributed by atoms with Crippen LogP contribution >= 0.6 is 0 Å². The number of benzene rings is 1. The fourth-order valence-electron chi connectivity index (χ4n) is 0.852. The molecular formula is C6HBF4K2O3. The Morgan fingerprint density at radius 1 is 0.812 bits per heavy atom. The molecule has 1 aromatic rings. The molecule has 1 rings (SSSR count). The van der Waals surface area contributed by atoms with Gasteiger partial charge in [-0.15, -0.1) is 0 Å². The van der Waals surface area contributed by atoms with Crippen LogP contribution in [0.15, 0.2) is 0 Å². The molecule has 10 heteroatoms. The maximum atomic E-state index is 12.6. The van der Waals surface area contributed by atoms with Gasteiger partial charge in [-0.1, -0.05) is 7.12 Å². The van der Waals surface area contributed by atoms with E-state index in [1.165, 1.54) is 0 Å². The number of halogens is 4. The number of phenols is 1. The second-order valence-electron chi connectivity index (χ2n) is 2.35. The van der Waals surface area contributed by atoms with Crippen LogP contribution in [0.3, 0.4) is 0 Å². The quantitative estimate of drug-likeness (QED) is 0.241. The van der Waals surface area contributed by atoms with Crippen molar-refractivity contribution in [2.24, 2.45) is 0 Å². The molecule has 76 valence electrons. The van der Waals surface area contributed by atoms with Crippen molar-refractivity contribution in [1.82, 2.24) is 0 Å². The van der Waals surface area contributed by atoms with Crippen molar-refractivity contribution in [1.29, 1.82) is 0 Å². The summed E-state index contributed by atoms with van der Waals surface area (Å²) in [5, 5.41) is 29.0. The van der Waals surface area contributed by atoms with Crippen molar-refractivity contribution in [3.05, 3.63) is 23.3 Å². The van der Waals surface area contributed by atoms with E-state index in [-0.39, 0.29) is 103 Å². The average Bonchev–Trinajstić information content (AvgIpc) is 2.11. The molecule has 0 fully saturated rings. The van der Waals surface area contributed by atoms with Gasteiger partial charge in [-0.3, -0.25) is 0 Å². The Bertz CT molecular complexity index is 362. The van der Waals surface area contributed by atoms with Crippen molar-refractivity contribution in [3.8, 4) is 5.75 Å². The van der Waals surface area contributed by atoms with Crippen LogP contribution in [0, 0.1) is 23.3 Å². The minimum Gasteiger partial charge on any atom is -0.889 e. The molecule has 1 aromatic carbocycles. The fourth-order valence-corrected chi connectivity index (χ4v) is 0.852. The number of hydrogen-bond acceptors (Lipinski definition) is 3. The van der Waals surface area contributed by atoms with Crippen molar-refractivity contribution in [2.75, 3.05) is 0 Å². The first-order chi connectivity index (χ1) is 6.37. The zero-order chi connectivity index (χ0) is 11.0. The Kier molecular flexibility index (Phi) is 10.4. The van der Waals surface area contributed by atoms with Gasteiger partial charge in [0.15, 0.2) is 11.6 Å². The SMILES string of the molecule is [K+].[K+].[O-]B([O-])c1c(O)c(F)c(F)c(F)c1F. The van der Waals surface area contributed by atoms with Gasteiger partial charge in [-0.25, -0.2) is 13.2 Å². The third kappa shape index (κ3) is 4.00. The molecule has 0 amide bonds. The Morgan fingerprint density at radius 2 is 1.19 bits per heavy atom. The molecule has 0 saturated heterocycles. The molecule has 0 atom stereocenters. The van der Waals surface area contributed by atoms with Crippen LogP contribution in [0.5, 0.6) is 5.75 Å². The maximum absolute atomic E-state index is 12.6. The molecule has 0 radical (unpaired) electrons. The number of hydrogen-bond donors (Lipinski definition) is 1. The van der Waals surface area contributed by atoms with Crippen LogP contribution in [0.1, 0.15) is 0 Å². The molecule has 0 aliphatic carbocycles. The van der Waals surface area contributed by atoms with E-state index in [0.29, 0.717) is 0 Å². The number of aromatic hydroxyl groups is 1. The molecule has 0 bridgehead atoms. The first kappa shape index (κ1) is 20.3. The average molecular weight is 286 g/mol. The second kappa shape index (κ2) is 8.22. The number of rotatable bonds is 1. The van der Waals surface area contributed by atoms with Crippen molar-refractivity contribution in [2.45, 2.75) is 0 Å². The van der Waals surface area contributed by atoms with Gasteiger partial charge in [0, 0.05) is 0 Å². The molecule has 0 heterocycles. The third-order valence-electron chi connectivity index (χ3n) is 1.51. The van der Waals surface area contributed by atoms with E-state index in [1.807, 2.05) is 0 Å². The summed E-state index contributed by atoms with van der Waals surface area (Å²) < 4.78 is 49.9. The molecule has 0 spiro atoms. The predicted octanol–water partition coefficient (Wildman–Crippen LogP) is -7.63. The summed E-state index contributed by atoms with van der Waals surface area (Å²) in [6.45, 7) is 0. The summed E-state index contributed by atoms with van der Waals surface area (Å²) in [6.07, 6.45) is 0. The van der Waals surface area contributed by atoms with E-state index in [0.717, 1.165) is 0 Å². The van der Waals surface area contributed by atoms with E-state index in [2.05, 4.69) is 0 Å². The fraction of sp³-hybridized carbons (Fsp3) is 0. The topological polar surface area (TPSA) is 66.3 Å². The Morgan fingerprint density at radius 3 is 1.56 bits per heavy atom. The van der Waals surface area contributed by atoms with E-state index >= 15 is 0 Å². The molecule has 0 saturated carbocycles. The summed E-state index contributed by atoms with van der Waals surface area (Å²) >= 11 is 0. The van der Waals surface area contributed by atoms with E-state index in [9.17, 15) is 27.6 Å². The molecule has 16 heavy (non-hydrogen) atoms. The van der Waals surface area contributed by atoms with Gasteiger partial charge in [-0.05, 0) is 5.46 Å². The molecule has 0 aliphatic rings. The van der Waals surface area contributed by atoms with Gasteiger partial charge in [-0.2, -0.15) is 4.39 Å². The maximum Gasteiger partial charge on any atom is 1.00 e. The predicted molar refractivity (Wildman–Crippen MR) is 33.3 cm³/mol. The third-order valence-corrected chi connectivity index (χ3v) is 1.51. The van der Waals surface area contributed by atoms with Gasteiger partial charge in [0.05, 0.1) is 0 Å². The van der Waals surface area contributed by atoms with Gasteiger partial charge < -0.3 is 15.2 Å². The van der Waals surface area contributed by atoms with Crippen LogP contribution in [0.25, 0.3) is 0 Å². The summed E-state index contributed by atoms with van der Waals surface area (Å²) in [5.74, 6) is -10.7. The Labute approximate surface area is 173 Å². The molecule has 3 nitrogen and oxygen atoms in total. The number of phenolic OH excluding ortho intramolecular Hbond substituents is 1. The van der Waals surface area contributed by atoms with Gasteiger partial charge in [0.1, 0.15) is 5.75 Å². The van der Waals surface area contributed by atoms with Crippen molar-refractivity contribution >= 4 is 12.6 Å². The van der Waals surface area contributed by atoms with E-state index in [1.54, 1.807) is 0 Å². The van der Waals surface area contributed by atoms with E-state index < -0.39 is 41.6 Å². The molecule has 0 unspecified atom stereocenters. The Hall–Kier alpha value is 2.00. The zero-order valence-electron chi connectivity index (χ0n) is 8.35. The zero-order valence-corrected chi connectivity index (χ0v) is 14.6. The normalized spacial score (nSPS) is 9.12. The second-order valence-corrected chi connectivity index (χ2v) is 2.35. The smallest absolute Gasteiger partial charge is 0.889 e. The Balaban J connectivity index is 0. The van der Waals surface area contributed by atoms with Gasteiger partial charge >= 0.3 is 103 Å². The minimum atomic E-state index is -3.14. The molecule has 1 N–H and O–H groups in total. The monoisotopic (exact) mass is 286 g/mol. The van der Waals surface area contributed by atoms with Crippen LogP contribution < -0.4 is 118 Å². The van der Waals surface area contributed by atoms with E-state index in [4.69, 9.17) is 5.11 Å². The summed E-state index contributed by atoms with van der Waals surface area (Å²) in [7, 11) is -3.14. The standard InChI is InChI=1S/C6HBF4O3.2K/c8-2-1(7(13)14)6(12)5(11)4(10)3(2)9;;/h12H;;/q-2;2*+1. The van der Waals surface area contributed by atoms with Crippen LogP contribution in [0.4, 0.5) is 17.6 Å². The van der Waals surface area contributed by atoms with Crippen molar-refractivity contribution in [3.63, 3.8) is 0 Å². The summed E-state index contributed by atoms with van der Waals surface area (Å²) in [6, 6.07) is 0. The summed E-state index contributed by atoms with van der Waals surface area (Å²) in [4.78, 5) is 0. The molecule has 0 aromatic heterocycles. The van der Waals surface area contributed by atoms with Gasteiger partial charge in [0.2, 0.25) is 11.6 Å². The van der Waals surface area contributed by atoms with Crippen molar-refractivity contribution < 1.29 is 135 Å². The van der Waals surface area contributed by atoms with Crippen LogP contribution in [-0.4, -0.2) is 12.2 Å². The largest absolute Gasteiger partial charge is 1.00 e. The molecular weight excluding hydrogens is 285 g/mol. The first-order valence-corrected chi connectivity index (χ1v) is 3.24.